The van der Waals surface area contributed by atoms with E-state index in [1.807, 2.05) is 55.5 Å². The molecule has 8 nitrogen and oxygen atoms in total. The van der Waals surface area contributed by atoms with Gasteiger partial charge in [0.2, 0.25) is 12.6 Å². The molecular weight excluding hydrogens is 494 g/mol. The number of halogens is 1. The Hall–Kier alpha value is -3.53. The van der Waals surface area contributed by atoms with Gasteiger partial charge in [-0.25, -0.2) is 0 Å². The molecular formula is C28H26ClN3O5. The fourth-order valence-electron chi connectivity index (χ4n) is 3.86. The Morgan fingerprint density at radius 3 is 2.19 bits per heavy atom. The molecule has 0 radical (unpaired) electrons. The van der Waals surface area contributed by atoms with E-state index in [1.54, 1.807) is 30.5 Å². The van der Waals surface area contributed by atoms with Gasteiger partial charge in [0.25, 0.3) is 5.91 Å². The Balaban J connectivity index is 1.06. The van der Waals surface area contributed by atoms with E-state index in [1.165, 1.54) is 0 Å². The fourth-order valence-corrected chi connectivity index (χ4v) is 4.03. The van der Waals surface area contributed by atoms with Gasteiger partial charge in [-0.15, -0.1) is 0 Å². The van der Waals surface area contributed by atoms with Crippen molar-refractivity contribution in [2.45, 2.75) is 25.9 Å². The van der Waals surface area contributed by atoms with Gasteiger partial charge >= 0.3 is 0 Å². The summed E-state index contributed by atoms with van der Waals surface area (Å²) in [6.07, 6.45) is 0.871. The second-order valence-corrected chi connectivity index (χ2v) is 9.07. The number of hydrogen-bond donors (Lipinski definition) is 2. The molecule has 9 heteroatoms. The predicted octanol–water partition coefficient (Wildman–Crippen LogP) is 6.04. The Labute approximate surface area is 219 Å². The van der Waals surface area contributed by atoms with Gasteiger partial charge in [0.1, 0.15) is 0 Å². The molecule has 0 unspecified atom stereocenters. The number of rotatable bonds is 8. The van der Waals surface area contributed by atoms with Gasteiger partial charge in [0.05, 0.1) is 5.52 Å². The Morgan fingerprint density at radius 1 is 0.865 bits per heavy atom. The molecule has 37 heavy (non-hydrogen) atoms. The van der Waals surface area contributed by atoms with Crippen LogP contribution in [0, 0.1) is 6.92 Å². The average Bonchev–Trinajstić information content (AvgIpc) is 2.93. The highest BCUT2D eigenvalue weighted by Crippen LogP contribution is 2.32. The Bertz CT molecular complexity index is 1360. The lowest BCUT2D eigenvalue weighted by atomic mass is 10.1. The molecule has 1 fully saturated rings. The maximum atomic E-state index is 12.5. The zero-order chi connectivity index (χ0) is 25.6. The Morgan fingerprint density at radius 2 is 1.51 bits per heavy atom. The van der Waals surface area contributed by atoms with Crippen LogP contribution in [0.15, 0.2) is 79.0 Å². The van der Waals surface area contributed by atoms with Crippen molar-refractivity contribution < 1.29 is 24.3 Å². The highest BCUT2D eigenvalue weighted by molar-refractivity contribution is 6.31. The van der Waals surface area contributed by atoms with Gasteiger partial charge in [-0.2, -0.15) is 19.6 Å². The molecule has 5 rings (SSSR count). The lowest BCUT2D eigenvalue weighted by molar-refractivity contribution is -0.600. The lowest BCUT2D eigenvalue weighted by Gasteiger charge is -2.27. The van der Waals surface area contributed by atoms with Crippen LogP contribution in [-0.4, -0.2) is 24.0 Å². The fraction of sp³-hybridized carbons (Fsp3) is 0.214. The van der Waals surface area contributed by atoms with Gasteiger partial charge in [-0.05, 0) is 49.7 Å². The summed E-state index contributed by atoms with van der Waals surface area (Å²) < 4.78 is 0. The van der Waals surface area contributed by atoms with E-state index < -0.39 is 12.6 Å². The van der Waals surface area contributed by atoms with Gasteiger partial charge in [0, 0.05) is 52.1 Å². The molecule has 0 spiro atoms. The first kappa shape index (κ1) is 25.1. The first-order valence-corrected chi connectivity index (χ1v) is 12.3. The highest BCUT2D eigenvalue weighted by atomic mass is 35.5. The minimum absolute atomic E-state index is 0.159. The molecule has 0 atom stereocenters. The molecule has 1 amide bonds. The van der Waals surface area contributed by atoms with E-state index >= 15 is 0 Å². The number of benzene rings is 3. The normalized spacial score (nSPS) is 17.5. The Kier molecular flexibility index (Phi) is 7.93. The van der Waals surface area contributed by atoms with E-state index in [-0.39, 0.29) is 5.91 Å². The van der Waals surface area contributed by atoms with Crippen molar-refractivity contribution in [2.75, 3.05) is 18.4 Å². The van der Waals surface area contributed by atoms with Crippen molar-refractivity contribution in [1.29, 1.82) is 0 Å². The number of carbonyl (C=O) groups is 1. The van der Waals surface area contributed by atoms with Crippen molar-refractivity contribution in [2.24, 2.45) is 0 Å². The van der Waals surface area contributed by atoms with Gasteiger partial charge < -0.3 is 10.6 Å². The number of amides is 1. The number of hydrogen-bond acceptors (Lipinski definition) is 7. The van der Waals surface area contributed by atoms with Crippen molar-refractivity contribution in [3.8, 4) is 0 Å². The summed E-state index contributed by atoms with van der Waals surface area (Å²) in [5, 5.41) is 7.99. The van der Waals surface area contributed by atoms with Crippen LogP contribution in [0.4, 0.5) is 5.69 Å². The van der Waals surface area contributed by atoms with E-state index in [0.717, 1.165) is 34.1 Å². The van der Waals surface area contributed by atoms with Crippen LogP contribution in [0.2, 0.25) is 5.02 Å². The molecule has 0 aliphatic carbocycles. The van der Waals surface area contributed by atoms with E-state index in [4.69, 9.17) is 31.2 Å². The van der Waals surface area contributed by atoms with Crippen molar-refractivity contribution in [3.63, 3.8) is 0 Å². The van der Waals surface area contributed by atoms with Crippen LogP contribution in [0.1, 0.15) is 46.0 Å². The quantitative estimate of drug-likeness (QED) is 0.217. The SMILES string of the molecule is Cc1ccc(C2OOC(c3ccc(C(=O)NCCCNc4ccnc5cc(Cl)ccc45)cc3)OO2)cc1. The summed E-state index contributed by atoms with van der Waals surface area (Å²) in [4.78, 5) is 38.3. The third-order valence-corrected chi connectivity index (χ3v) is 6.15. The van der Waals surface area contributed by atoms with Crippen LogP contribution in [-0.2, 0) is 19.6 Å². The number of anilines is 1. The minimum Gasteiger partial charge on any atom is -0.384 e. The first-order chi connectivity index (χ1) is 18.1. The highest BCUT2D eigenvalue weighted by Gasteiger charge is 2.28. The predicted molar refractivity (Wildman–Crippen MR) is 140 cm³/mol. The summed E-state index contributed by atoms with van der Waals surface area (Å²) in [6.45, 7) is 3.22. The largest absolute Gasteiger partial charge is 0.384 e. The second-order valence-electron chi connectivity index (χ2n) is 8.64. The molecule has 1 saturated heterocycles. The number of aryl methyl sites for hydroxylation is 1. The molecule has 1 aliphatic rings. The summed E-state index contributed by atoms with van der Waals surface area (Å²) in [5.74, 6) is -0.159. The molecule has 0 saturated carbocycles. The van der Waals surface area contributed by atoms with Gasteiger partial charge in [0.15, 0.2) is 0 Å². The van der Waals surface area contributed by atoms with E-state index in [9.17, 15) is 4.79 Å². The van der Waals surface area contributed by atoms with Gasteiger partial charge in [-0.3, -0.25) is 9.78 Å². The first-order valence-electron chi connectivity index (χ1n) is 11.9. The molecule has 190 valence electrons. The molecule has 1 aromatic heterocycles. The van der Waals surface area contributed by atoms with Gasteiger partial charge in [-0.1, -0.05) is 53.6 Å². The molecule has 0 bridgehead atoms. The van der Waals surface area contributed by atoms with Crippen LogP contribution in [0.25, 0.3) is 10.9 Å². The smallest absolute Gasteiger partial charge is 0.251 e. The number of aromatic nitrogens is 1. The second kappa shape index (κ2) is 11.7. The van der Waals surface area contributed by atoms with Crippen LogP contribution < -0.4 is 10.6 Å². The van der Waals surface area contributed by atoms with Crippen molar-refractivity contribution in [3.05, 3.63) is 106 Å². The van der Waals surface area contributed by atoms with E-state index in [2.05, 4.69) is 15.6 Å². The maximum Gasteiger partial charge on any atom is 0.251 e. The monoisotopic (exact) mass is 519 g/mol. The maximum absolute atomic E-state index is 12.5. The van der Waals surface area contributed by atoms with Crippen LogP contribution in [0.3, 0.4) is 0 Å². The summed E-state index contributed by atoms with van der Waals surface area (Å²) in [7, 11) is 0. The van der Waals surface area contributed by atoms with Crippen LogP contribution in [0.5, 0.6) is 0 Å². The third-order valence-electron chi connectivity index (χ3n) is 5.91. The zero-order valence-electron chi connectivity index (χ0n) is 20.1. The summed E-state index contributed by atoms with van der Waals surface area (Å²) >= 11 is 6.05. The summed E-state index contributed by atoms with van der Waals surface area (Å²) in [6, 6.07) is 22.1. The number of carbonyl (C=O) groups excluding carboxylic acids is 1. The number of nitrogens with zero attached hydrogens (tertiary/aromatic N) is 1. The molecule has 4 aromatic rings. The molecule has 2 N–H and O–H groups in total. The van der Waals surface area contributed by atoms with Crippen molar-refractivity contribution in [1.82, 2.24) is 10.3 Å². The zero-order valence-corrected chi connectivity index (χ0v) is 20.9. The van der Waals surface area contributed by atoms with E-state index in [0.29, 0.717) is 29.2 Å². The molecule has 1 aliphatic heterocycles. The number of fused-ring (bicyclic) bond motifs is 1. The topological polar surface area (TPSA) is 90.9 Å². The number of pyridine rings is 1. The molecule has 2 heterocycles. The standard InChI is InChI=1S/C28H26ClN3O5/c1-18-3-5-20(6-4-18)27-34-36-28(37-35-27)21-9-7-19(8-10-21)26(33)32-15-2-14-30-24-13-16-31-25-17-22(29)11-12-23(24)25/h3-13,16-17,27-28H,2,14-15H2,1H3,(H,30,31)(H,32,33). The third kappa shape index (κ3) is 6.25. The minimum atomic E-state index is -0.856. The average molecular weight is 520 g/mol. The molecule has 3 aromatic carbocycles. The summed E-state index contributed by atoms with van der Waals surface area (Å²) in [5.41, 5.74) is 4.92. The van der Waals surface area contributed by atoms with Crippen LogP contribution >= 0.6 is 11.6 Å². The lowest BCUT2D eigenvalue weighted by Crippen LogP contribution is -2.26. The van der Waals surface area contributed by atoms with Crippen molar-refractivity contribution >= 4 is 34.1 Å². The number of nitrogens with one attached hydrogen (secondary N) is 2.